The maximum Gasteiger partial charge on any atom is 0.337 e. The van der Waals surface area contributed by atoms with E-state index in [2.05, 4.69) is 0 Å². The molecule has 2 aromatic rings. The number of hydrogen-bond donors (Lipinski definition) is 1. The molecular formula is C18H18ClNO5. The van der Waals surface area contributed by atoms with E-state index in [-0.39, 0.29) is 40.6 Å². The number of benzene rings is 1. The van der Waals surface area contributed by atoms with E-state index in [0.717, 1.165) is 0 Å². The molecule has 0 unspecified atom stereocenters. The minimum atomic E-state index is -1.20. The van der Waals surface area contributed by atoms with Gasteiger partial charge in [-0.2, -0.15) is 0 Å². The highest BCUT2D eigenvalue weighted by atomic mass is 35.5. The number of carbonyl (C=O) groups is 3. The van der Waals surface area contributed by atoms with Crippen molar-refractivity contribution in [1.82, 2.24) is 4.57 Å². The van der Waals surface area contributed by atoms with Crippen LogP contribution in [0.25, 0.3) is 0 Å². The van der Waals surface area contributed by atoms with Crippen LogP contribution in [-0.2, 0) is 23.0 Å². The number of esters is 1. The third-order valence-electron chi connectivity index (χ3n) is 3.92. The average molecular weight is 364 g/mol. The Morgan fingerprint density at radius 3 is 2.44 bits per heavy atom. The van der Waals surface area contributed by atoms with Gasteiger partial charge in [0.2, 0.25) is 5.78 Å². The molecule has 0 fully saturated rings. The fourth-order valence-corrected chi connectivity index (χ4v) is 3.05. The highest BCUT2D eigenvalue weighted by molar-refractivity contribution is 6.35. The number of carboxylic acid groups (broad SMARTS) is 1. The van der Waals surface area contributed by atoms with E-state index in [1.54, 1.807) is 45.2 Å². The Bertz CT molecular complexity index is 853. The van der Waals surface area contributed by atoms with Crippen LogP contribution in [-0.4, -0.2) is 34.0 Å². The lowest BCUT2D eigenvalue weighted by Gasteiger charge is -2.09. The van der Waals surface area contributed by atoms with Crippen molar-refractivity contribution in [1.29, 1.82) is 0 Å². The van der Waals surface area contributed by atoms with Crippen LogP contribution in [0.15, 0.2) is 24.3 Å². The van der Waals surface area contributed by atoms with Gasteiger partial charge in [0.1, 0.15) is 0 Å². The molecular weight excluding hydrogens is 346 g/mol. The summed E-state index contributed by atoms with van der Waals surface area (Å²) in [4.78, 5) is 36.4. The van der Waals surface area contributed by atoms with Crippen LogP contribution in [0.2, 0.25) is 5.02 Å². The molecule has 0 atom stereocenters. The highest BCUT2D eigenvalue weighted by Crippen LogP contribution is 2.27. The fourth-order valence-electron chi connectivity index (χ4n) is 2.82. The quantitative estimate of drug-likeness (QED) is 0.629. The third-order valence-corrected chi connectivity index (χ3v) is 4.25. The Balaban J connectivity index is 2.60. The summed E-state index contributed by atoms with van der Waals surface area (Å²) in [6, 6.07) is 6.54. The summed E-state index contributed by atoms with van der Waals surface area (Å²) in [5, 5.41) is 9.81. The number of rotatable bonds is 6. The summed E-state index contributed by atoms with van der Waals surface area (Å²) in [7, 11) is 1.55. The molecule has 25 heavy (non-hydrogen) atoms. The first-order chi connectivity index (χ1) is 11.8. The molecule has 6 nitrogen and oxygen atoms in total. The van der Waals surface area contributed by atoms with Crippen molar-refractivity contribution in [3.8, 4) is 0 Å². The van der Waals surface area contributed by atoms with Gasteiger partial charge in [-0.1, -0.05) is 23.7 Å². The van der Waals surface area contributed by atoms with E-state index in [1.807, 2.05) is 0 Å². The van der Waals surface area contributed by atoms with Gasteiger partial charge in [0, 0.05) is 18.3 Å². The van der Waals surface area contributed by atoms with Crippen molar-refractivity contribution in [3.63, 3.8) is 0 Å². The number of carbonyl (C=O) groups excluding carboxylic acids is 2. The highest BCUT2D eigenvalue weighted by Gasteiger charge is 2.29. The number of ketones is 1. The first kappa shape index (κ1) is 18.7. The van der Waals surface area contributed by atoms with Crippen molar-refractivity contribution in [2.45, 2.75) is 20.3 Å². The van der Waals surface area contributed by atoms with Crippen molar-refractivity contribution >= 4 is 29.3 Å². The van der Waals surface area contributed by atoms with Gasteiger partial charge in [-0.25, -0.2) is 4.79 Å². The predicted molar refractivity (Wildman–Crippen MR) is 92.3 cm³/mol. The zero-order valence-corrected chi connectivity index (χ0v) is 14.9. The summed E-state index contributed by atoms with van der Waals surface area (Å²) in [5.41, 5.74) is 0.904. The van der Waals surface area contributed by atoms with Crippen LogP contribution in [0.5, 0.6) is 0 Å². The van der Waals surface area contributed by atoms with Gasteiger partial charge in [0.25, 0.3) is 0 Å². The van der Waals surface area contributed by atoms with E-state index in [0.29, 0.717) is 5.56 Å². The second-order valence-corrected chi connectivity index (χ2v) is 5.86. The molecule has 0 saturated carbocycles. The third kappa shape index (κ3) is 3.58. The molecule has 0 bridgehead atoms. The van der Waals surface area contributed by atoms with E-state index < -0.39 is 17.7 Å². The number of carboxylic acids is 1. The number of nitrogens with zero attached hydrogens (tertiary/aromatic N) is 1. The van der Waals surface area contributed by atoms with E-state index in [4.69, 9.17) is 16.3 Å². The number of ether oxygens (including phenoxy) is 1. The monoisotopic (exact) mass is 363 g/mol. The summed E-state index contributed by atoms with van der Waals surface area (Å²) < 4.78 is 6.33. The van der Waals surface area contributed by atoms with Gasteiger partial charge in [0.05, 0.1) is 29.3 Å². The average Bonchev–Trinajstić information content (AvgIpc) is 2.78. The van der Waals surface area contributed by atoms with Crippen LogP contribution >= 0.6 is 11.6 Å². The van der Waals surface area contributed by atoms with E-state index in [9.17, 15) is 19.5 Å². The molecule has 1 aromatic heterocycles. The number of halogens is 1. The standard InChI is InChI=1S/C18H18ClNO5/c1-4-25-14(21)9-13-15(18(23)24)10(2)16(20(13)3)17(22)11-7-5-6-8-12(11)19/h5-8H,4,9H2,1-3H3,(H,23,24). The first-order valence-corrected chi connectivity index (χ1v) is 8.03. The normalized spacial score (nSPS) is 10.6. The van der Waals surface area contributed by atoms with Crippen LogP contribution in [0.1, 0.15) is 44.6 Å². The smallest absolute Gasteiger partial charge is 0.337 e. The Kier molecular flexibility index (Phi) is 5.64. The molecule has 0 amide bonds. The minimum absolute atomic E-state index is 0.0639. The molecule has 0 aliphatic heterocycles. The van der Waals surface area contributed by atoms with E-state index in [1.165, 1.54) is 4.57 Å². The van der Waals surface area contributed by atoms with Gasteiger partial charge in [-0.05, 0) is 31.5 Å². The molecule has 0 aliphatic carbocycles. The topological polar surface area (TPSA) is 85.6 Å². The molecule has 1 aromatic carbocycles. The van der Waals surface area contributed by atoms with Crippen molar-refractivity contribution in [2.75, 3.05) is 6.61 Å². The minimum Gasteiger partial charge on any atom is -0.478 e. The lowest BCUT2D eigenvalue weighted by molar-refractivity contribution is -0.142. The van der Waals surface area contributed by atoms with Gasteiger partial charge >= 0.3 is 11.9 Å². The number of aromatic carboxylic acids is 1. The van der Waals surface area contributed by atoms with Gasteiger partial charge in [-0.15, -0.1) is 0 Å². The molecule has 0 spiro atoms. The summed E-state index contributed by atoms with van der Waals surface area (Å²) in [6.07, 6.45) is -0.234. The van der Waals surface area contributed by atoms with E-state index >= 15 is 0 Å². The van der Waals surface area contributed by atoms with Gasteiger partial charge < -0.3 is 14.4 Å². The summed E-state index contributed by atoms with van der Waals surface area (Å²) in [6.45, 7) is 3.40. The largest absolute Gasteiger partial charge is 0.478 e. The number of hydrogen-bond acceptors (Lipinski definition) is 4. The Hall–Kier alpha value is -2.60. The predicted octanol–water partition coefficient (Wildman–Crippen LogP) is 3.02. The van der Waals surface area contributed by atoms with Crippen LogP contribution in [0, 0.1) is 6.92 Å². The lowest BCUT2D eigenvalue weighted by atomic mass is 10.0. The van der Waals surface area contributed by atoms with Crippen molar-refractivity contribution in [3.05, 3.63) is 57.4 Å². The van der Waals surface area contributed by atoms with Crippen LogP contribution in [0.3, 0.4) is 0 Å². The molecule has 132 valence electrons. The number of aromatic nitrogens is 1. The zero-order chi connectivity index (χ0) is 18.7. The maximum absolute atomic E-state index is 12.9. The molecule has 0 radical (unpaired) electrons. The molecule has 7 heteroatoms. The summed E-state index contributed by atoms with van der Waals surface area (Å²) >= 11 is 6.09. The summed E-state index contributed by atoms with van der Waals surface area (Å²) in [5.74, 6) is -2.16. The molecule has 0 aliphatic rings. The van der Waals surface area contributed by atoms with Crippen LogP contribution in [0.4, 0.5) is 0 Å². The first-order valence-electron chi connectivity index (χ1n) is 7.65. The Labute approximate surface area is 150 Å². The van der Waals surface area contributed by atoms with Crippen LogP contribution < -0.4 is 0 Å². The molecule has 0 saturated heterocycles. The molecule has 1 heterocycles. The second kappa shape index (κ2) is 7.53. The molecule has 1 N–H and O–H groups in total. The Morgan fingerprint density at radius 1 is 1.24 bits per heavy atom. The second-order valence-electron chi connectivity index (χ2n) is 5.45. The fraction of sp³-hybridized carbons (Fsp3) is 0.278. The van der Waals surface area contributed by atoms with Crippen molar-refractivity contribution < 1.29 is 24.2 Å². The Morgan fingerprint density at radius 2 is 1.88 bits per heavy atom. The SMILES string of the molecule is CCOC(=O)Cc1c(C(=O)O)c(C)c(C(=O)c2ccccc2Cl)n1C. The van der Waals surface area contributed by atoms with Crippen molar-refractivity contribution in [2.24, 2.45) is 7.05 Å². The van der Waals surface area contributed by atoms with Gasteiger partial charge in [0.15, 0.2) is 0 Å². The lowest BCUT2D eigenvalue weighted by Crippen LogP contribution is -2.15. The van der Waals surface area contributed by atoms with Gasteiger partial charge in [-0.3, -0.25) is 9.59 Å². The maximum atomic E-state index is 12.9. The molecule has 2 rings (SSSR count). The zero-order valence-electron chi connectivity index (χ0n) is 14.1.